The first-order valence-electron chi connectivity index (χ1n) is 4.66. The van der Waals surface area contributed by atoms with Gasteiger partial charge in [-0.3, -0.25) is 4.79 Å². The van der Waals surface area contributed by atoms with E-state index in [9.17, 15) is 4.79 Å². The Morgan fingerprint density at radius 3 is 1.92 bits per heavy atom. The van der Waals surface area contributed by atoms with E-state index in [2.05, 4.69) is 12.2 Å². The lowest BCUT2D eigenvalue weighted by Crippen LogP contribution is -2.08. The Morgan fingerprint density at radius 2 is 1.50 bits per heavy atom. The molecule has 0 heterocycles. The van der Waals surface area contributed by atoms with E-state index in [1.165, 1.54) is 11.1 Å². The standard InChI is InChI=1S/C11H14O/c1-7-9-5-3-4-6-10(9)8(2)11(7)12/h5-8H,3-4H2,1-2H3. The van der Waals surface area contributed by atoms with E-state index in [-0.39, 0.29) is 11.8 Å². The Labute approximate surface area is 73.2 Å². The van der Waals surface area contributed by atoms with Gasteiger partial charge < -0.3 is 0 Å². The van der Waals surface area contributed by atoms with Crippen LogP contribution in [0.15, 0.2) is 23.3 Å². The molecule has 0 aromatic rings. The van der Waals surface area contributed by atoms with Gasteiger partial charge in [0.1, 0.15) is 5.78 Å². The fourth-order valence-electron chi connectivity index (χ4n) is 2.25. The second-order valence-corrected chi connectivity index (χ2v) is 3.74. The number of Topliss-reactive ketones (excluding diaryl/α,β-unsaturated/α-hetero) is 1. The van der Waals surface area contributed by atoms with Gasteiger partial charge in [-0.25, -0.2) is 0 Å². The van der Waals surface area contributed by atoms with Gasteiger partial charge in [0.2, 0.25) is 0 Å². The van der Waals surface area contributed by atoms with Crippen molar-refractivity contribution in [2.75, 3.05) is 0 Å². The van der Waals surface area contributed by atoms with Crippen LogP contribution in [-0.4, -0.2) is 5.78 Å². The van der Waals surface area contributed by atoms with E-state index < -0.39 is 0 Å². The Bertz CT molecular complexity index is 255. The van der Waals surface area contributed by atoms with Gasteiger partial charge >= 0.3 is 0 Å². The Morgan fingerprint density at radius 1 is 1.08 bits per heavy atom. The normalized spacial score (nSPS) is 34.3. The summed E-state index contributed by atoms with van der Waals surface area (Å²) in [5.74, 6) is 0.715. The fraction of sp³-hybridized carbons (Fsp3) is 0.545. The molecule has 0 amide bonds. The predicted octanol–water partition coefficient (Wildman–Crippen LogP) is 2.49. The summed E-state index contributed by atoms with van der Waals surface area (Å²) < 4.78 is 0. The Balaban J connectivity index is 2.44. The minimum atomic E-state index is 0.159. The topological polar surface area (TPSA) is 17.1 Å². The van der Waals surface area contributed by atoms with Crippen LogP contribution in [0.3, 0.4) is 0 Å². The van der Waals surface area contributed by atoms with Gasteiger partial charge in [0.05, 0.1) is 0 Å². The minimum absolute atomic E-state index is 0.159. The molecular weight excluding hydrogens is 148 g/mol. The van der Waals surface area contributed by atoms with Crippen molar-refractivity contribution in [3.8, 4) is 0 Å². The van der Waals surface area contributed by atoms with E-state index in [1.54, 1.807) is 0 Å². The van der Waals surface area contributed by atoms with Crippen molar-refractivity contribution in [1.29, 1.82) is 0 Å². The maximum absolute atomic E-state index is 11.6. The zero-order chi connectivity index (χ0) is 8.72. The number of carbonyl (C=O) groups is 1. The van der Waals surface area contributed by atoms with Crippen LogP contribution >= 0.6 is 0 Å². The molecule has 0 aromatic carbocycles. The van der Waals surface area contributed by atoms with Crippen molar-refractivity contribution >= 4 is 5.78 Å². The van der Waals surface area contributed by atoms with Gasteiger partial charge in [-0.1, -0.05) is 26.0 Å². The van der Waals surface area contributed by atoms with Gasteiger partial charge in [0, 0.05) is 11.8 Å². The predicted molar refractivity (Wildman–Crippen MR) is 48.7 cm³/mol. The molecule has 0 aromatic heterocycles. The van der Waals surface area contributed by atoms with Crippen LogP contribution in [0.1, 0.15) is 26.7 Å². The number of rotatable bonds is 0. The van der Waals surface area contributed by atoms with Crippen LogP contribution in [-0.2, 0) is 4.79 Å². The summed E-state index contributed by atoms with van der Waals surface area (Å²) in [6.07, 6.45) is 6.70. The molecule has 2 atom stereocenters. The highest BCUT2D eigenvalue weighted by atomic mass is 16.1. The molecule has 64 valence electrons. The quantitative estimate of drug-likeness (QED) is 0.535. The first-order chi connectivity index (χ1) is 5.72. The van der Waals surface area contributed by atoms with Crippen molar-refractivity contribution in [2.24, 2.45) is 11.8 Å². The molecule has 1 saturated carbocycles. The number of hydrogen-bond donors (Lipinski definition) is 0. The van der Waals surface area contributed by atoms with Gasteiger partial charge in [0.25, 0.3) is 0 Å². The van der Waals surface area contributed by atoms with E-state index in [0.717, 1.165) is 12.8 Å². The molecule has 2 aliphatic carbocycles. The molecule has 1 nitrogen and oxygen atoms in total. The van der Waals surface area contributed by atoms with Crippen LogP contribution in [0.25, 0.3) is 0 Å². The largest absolute Gasteiger partial charge is 0.298 e. The van der Waals surface area contributed by atoms with Crippen molar-refractivity contribution in [1.82, 2.24) is 0 Å². The van der Waals surface area contributed by atoms with Gasteiger partial charge in [-0.2, -0.15) is 0 Å². The Hall–Kier alpha value is -0.850. The smallest absolute Gasteiger partial charge is 0.147 e. The third kappa shape index (κ3) is 0.889. The molecule has 1 heteroatoms. The summed E-state index contributed by atoms with van der Waals surface area (Å²) in [6.45, 7) is 4.05. The zero-order valence-corrected chi connectivity index (χ0v) is 7.63. The number of hydrogen-bond acceptors (Lipinski definition) is 1. The van der Waals surface area contributed by atoms with Crippen LogP contribution < -0.4 is 0 Å². The van der Waals surface area contributed by atoms with Crippen LogP contribution in [0.5, 0.6) is 0 Å². The summed E-state index contributed by atoms with van der Waals surface area (Å²) in [5.41, 5.74) is 2.61. The maximum atomic E-state index is 11.6. The van der Waals surface area contributed by atoms with Gasteiger partial charge in [-0.15, -0.1) is 0 Å². The first-order valence-corrected chi connectivity index (χ1v) is 4.66. The molecule has 0 radical (unpaired) electrons. The van der Waals surface area contributed by atoms with Crippen LogP contribution in [0.4, 0.5) is 0 Å². The first kappa shape index (κ1) is 7.78. The number of carbonyl (C=O) groups excluding carboxylic acids is 1. The van der Waals surface area contributed by atoms with Crippen molar-refractivity contribution in [3.63, 3.8) is 0 Å². The lowest BCUT2D eigenvalue weighted by molar-refractivity contribution is -0.122. The van der Waals surface area contributed by atoms with Crippen LogP contribution in [0.2, 0.25) is 0 Å². The minimum Gasteiger partial charge on any atom is -0.298 e. The summed E-state index contributed by atoms with van der Waals surface area (Å²) >= 11 is 0. The molecule has 0 spiro atoms. The number of allylic oxidation sites excluding steroid dienone is 4. The number of fused-ring (bicyclic) bond motifs is 1. The third-order valence-electron chi connectivity index (χ3n) is 3.02. The Kier molecular flexibility index (Phi) is 1.67. The van der Waals surface area contributed by atoms with Crippen molar-refractivity contribution < 1.29 is 4.79 Å². The molecular formula is C11H14O. The second kappa shape index (κ2) is 2.58. The third-order valence-corrected chi connectivity index (χ3v) is 3.02. The molecule has 2 aliphatic rings. The van der Waals surface area contributed by atoms with E-state index >= 15 is 0 Å². The lowest BCUT2D eigenvalue weighted by atomic mass is 9.94. The summed E-state index contributed by atoms with van der Waals surface area (Å²) in [7, 11) is 0. The maximum Gasteiger partial charge on any atom is 0.147 e. The van der Waals surface area contributed by atoms with E-state index in [0.29, 0.717) is 5.78 Å². The second-order valence-electron chi connectivity index (χ2n) is 3.74. The van der Waals surface area contributed by atoms with Gasteiger partial charge in [-0.05, 0) is 24.0 Å². The molecule has 0 aliphatic heterocycles. The highest BCUT2D eigenvalue weighted by molar-refractivity contribution is 5.94. The summed E-state index contributed by atoms with van der Waals surface area (Å²) in [6, 6.07) is 0. The molecule has 12 heavy (non-hydrogen) atoms. The highest BCUT2D eigenvalue weighted by Crippen LogP contribution is 2.39. The zero-order valence-electron chi connectivity index (χ0n) is 7.63. The molecule has 0 bridgehead atoms. The lowest BCUT2D eigenvalue weighted by Gasteiger charge is -2.10. The average Bonchev–Trinajstić information content (AvgIpc) is 2.33. The van der Waals surface area contributed by atoms with Crippen molar-refractivity contribution in [2.45, 2.75) is 26.7 Å². The van der Waals surface area contributed by atoms with Crippen molar-refractivity contribution in [3.05, 3.63) is 23.3 Å². The molecule has 2 rings (SSSR count). The van der Waals surface area contributed by atoms with Crippen LogP contribution in [0, 0.1) is 11.8 Å². The number of ketones is 1. The molecule has 0 saturated heterocycles. The van der Waals surface area contributed by atoms with E-state index in [1.807, 2.05) is 13.8 Å². The van der Waals surface area contributed by atoms with Gasteiger partial charge in [0.15, 0.2) is 0 Å². The van der Waals surface area contributed by atoms with E-state index in [4.69, 9.17) is 0 Å². The average molecular weight is 162 g/mol. The highest BCUT2D eigenvalue weighted by Gasteiger charge is 2.36. The monoisotopic (exact) mass is 162 g/mol. The fourth-order valence-corrected chi connectivity index (χ4v) is 2.25. The molecule has 0 N–H and O–H groups in total. The SMILES string of the molecule is CC1C(=O)C(C)C2=CCCC=C21. The molecule has 2 unspecified atom stereocenters. The molecule has 1 fully saturated rings. The summed E-state index contributed by atoms with van der Waals surface area (Å²) in [5, 5.41) is 0. The summed E-state index contributed by atoms with van der Waals surface area (Å²) in [4.78, 5) is 11.6.